The lowest BCUT2D eigenvalue weighted by Gasteiger charge is -2.24. The summed E-state index contributed by atoms with van der Waals surface area (Å²) in [6.07, 6.45) is 0. The second kappa shape index (κ2) is 7.43. The van der Waals surface area contributed by atoms with Crippen molar-refractivity contribution < 1.29 is 14.7 Å². The van der Waals surface area contributed by atoms with E-state index in [2.05, 4.69) is 5.32 Å². The maximum Gasteiger partial charge on any atom is 0.268 e. The Hall–Kier alpha value is -3.44. The van der Waals surface area contributed by atoms with Gasteiger partial charge in [0.25, 0.3) is 5.91 Å². The Bertz CT molecular complexity index is 1130. The zero-order valence-corrected chi connectivity index (χ0v) is 17.3. The summed E-state index contributed by atoms with van der Waals surface area (Å²) in [6.45, 7) is 5.58. The van der Waals surface area contributed by atoms with Gasteiger partial charge in [0.05, 0.1) is 5.69 Å². The van der Waals surface area contributed by atoms with Crippen LogP contribution in [0.4, 0.5) is 11.4 Å². The molecule has 0 spiro atoms. The van der Waals surface area contributed by atoms with Crippen LogP contribution in [0.15, 0.2) is 66.7 Å². The lowest BCUT2D eigenvalue weighted by molar-refractivity contribution is -0.133. The van der Waals surface area contributed by atoms with Crippen LogP contribution in [-0.2, 0) is 15.2 Å². The van der Waals surface area contributed by atoms with Crippen molar-refractivity contribution in [3.8, 4) is 0 Å². The van der Waals surface area contributed by atoms with Gasteiger partial charge in [0, 0.05) is 11.3 Å². The molecule has 1 atom stereocenters. The fourth-order valence-electron chi connectivity index (χ4n) is 4.08. The van der Waals surface area contributed by atoms with Crippen LogP contribution < -0.4 is 10.2 Å². The van der Waals surface area contributed by atoms with E-state index >= 15 is 0 Å². The van der Waals surface area contributed by atoms with E-state index in [0.29, 0.717) is 16.8 Å². The van der Waals surface area contributed by atoms with Crippen molar-refractivity contribution in [3.63, 3.8) is 0 Å². The predicted octanol–water partition coefficient (Wildman–Crippen LogP) is 3.83. The van der Waals surface area contributed by atoms with E-state index in [9.17, 15) is 14.7 Å². The summed E-state index contributed by atoms with van der Waals surface area (Å²) in [6, 6.07) is 20.1. The summed E-state index contributed by atoms with van der Waals surface area (Å²) < 4.78 is 0. The highest BCUT2D eigenvalue weighted by Crippen LogP contribution is 2.44. The van der Waals surface area contributed by atoms with E-state index in [0.717, 1.165) is 22.4 Å². The fraction of sp³-hybridized carbons (Fsp3) is 0.200. The molecule has 4 rings (SSSR count). The third-order valence-electron chi connectivity index (χ3n) is 5.62. The summed E-state index contributed by atoms with van der Waals surface area (Å²) in [5.41, 5.74) is 3.30. The van der Waals surface area contributed by atoms with Crippen LogP contribution in [0.5, 0.6) is 0 Å². The zero-order chi connectivity index (χ0) is 21.5. The highest BCUT2D eigenvalue weighted by atomic mass is 16.3. The van der Waals surface area contributed by atoms with Crippen LogP contribution in [0.2, 0.25) is 0 Å². The lowest BCUT2D eigenvalue weighted by atomic mass is 9.87. The number of rotatable bonds is 4. The molecule has 30 heavy (non-hydrogen) atoms. The molecule has 0 unspecified atom stereocenters. The van der Waals surface area contributed by atoms with E-state index in [-0.39, 0.29) is 12.5 Å². The maximum absolute atomic E-state index is 13.4. The summed E-state index contributed by atoms with van der Waals surface area (Å²) in [5, 5.41) is 14.5. The van der Waals surface area contributed by atoms with Crippen LogP contribution in [0, 0.1) is 20.8 Å². The third kappa shape index (κ3) is 3.17. The normalized spacial score (nSPS) is 17.7. The number of para-hydroxylation sites is 2. The molecule has 0 saturated heterocycles. The van der Waals surface area contributed by atoms with E-state index in [1.807, 2.05) is 51.1 Å². The van der Waals surface area contributed by atoms with Crippen LogP contribution in [0.3, 0.4) is 0 Å². The van der Waals surface area contributed by atoms with Crippen LogP contribution in [-0.4, -0.2) is 23.5 Å². The average molecular weight is 400 g/mol. The predicted molar refractivity (Wildman–Crippen MR) is 118 cm³/mol. The van der Waals surface area contributed by atoms with Gasteiger partial charge in [0.15, 0.2) is 5.60 Å². The zero-order valence-electron chi connectivity index (χ0n) is 17.3. The summed E-state index contributed by atoms with van der Waals surface area (Å²) in [4.78, 5) is 27.6. The summed E-state index contributed by atoms with van der Waals surface area (Å²) in [7, 11) is 0. The number of fused-ring (bicyclic) bond motifs is 1. The van der Waals surface area contributed by atoms with Crippen molar-refractivity contribution in [3.05, 3.63) is 94.5 Å². The van der Waals surface area contributed by atoms with Gasteiger partial charge in [-0.1, -0.05) is 66.2 Å². The van der Waals surface area contributed by atoms with Gasteiger partial charge in [-0.05, 0) is 43.5 Å². The minimum Gasteiger partial charge on any atom is -0.372 e. The monoisotopic (exact) mass is 400 g/mol. The quantitative estimate of drug-likeness (QED) is 0.699. The minimum atomic E-state index is -1.82. The molecule has 2 N–H and O–H groups in total. The largest absolute Gasteiger partial charge is 0.372 e. The van der Waals surface area contributed by atoms with E-state index in [1.165, 1.54) is 4.90 Å². The molecule has 0 aliphatic carbocycles. The molecule has 5 nitrogen and oxygen atoms in total. The van der Waals surface area contributed by atoms with Crippen LogP contribution >= 0.6 is 0 Å². The van der Waals surface area contributed by atoms with E-state index < -0.39 is 11.5 Å². The van der Waals surface area contributed by atoms with Crippen molar-refractivity contribution in [1.29, 1.82) is 0 Å². The minimum absolute atomic E-state index is 0.183. The summed E-state index contributed by atoms with van der Waals surface area (Å²) in [5.74, 6) is -0.838. The molecule has 0 bridgehead atoms. The Morgan fingerprint density at radius 1 is 0.967 bits per heavy atom. The Kier molecular flexibility index (Phi) is 4.92. The molecule has 5 heteroatoms. The van der Waals surface area contributed by atoms with Gasteiger partial charge >= 0.3 is 0 Å². The molecular formula is C25H24N2O3. The first-order valence-corrected chi connectivity index (χ1v) is 9.89. The molecule has 3 aromatic carbocycles. The van der Waals surface area contributed by atoms with Gasteiger partial charge in [-0.15, -0.1) is 0 Å². The number of carbonyl (C=O) groups excluding carboxylic acids is 2. The maximum atomic E-state index is 13.4. The van der Waals surface area contributed by atoms with Gasteiger partial charge in [-0.3, -0.25) is 14.5 Å². The van der Waals surface area contributed by atoms with Gasteiger partial charge < -0.3 is 10.4 Å². The lowest BCUT2D eigenvalue weighted by Crippen LogP contribution is -2.44. The number of hydrogen-bond donors (Lipinski definition) is 2. The van der Waals surface area contributed by atoms with Crippen molar-refractivity contribution in [1.82, 2.24) is 0 Å². The number of amides is 2. The Balaban J connectivity index is 1.68. The number of aliphatic hydroxyl groups is 1. The van der Waals surface area contributed by atoms with Crippen molar-refractivity contribution in [2.75, 3.05) is 16.8 Å². The first-order chi connectivity index (χ1) is 14.3. The van der Waals surface area contributed by atoms with E-state index in [4.69, 9.17) is 0 Å². The number of carbonyl (C=O) groups is 2. The van der Waals surface area contributed by atoms with Gasteiger partial charge in [-0.25, -0.2) is 0 Å². The molecule has 3 aromatic rings. The smallest absolute Gasteiger partial charge is 0.268 e. The Morgan fingerprint density at radius 2 is 1.63 bits per heavy atom. The van der Waals surface area contributed by atoms with Crippen molar-refractivity contribution >= 4 is 23.2 Å². The van der Waals surface area contributed by atoms with Crippen molar-refractivity contribution in [2.24, 2.45) is 0 Å². The second-order valence-electron chi connectivity index (χ2n) is 7.80. The number of anilines is 2. The molecule has 152 valence electrons. The number of aryl methyl sites for hydroxylation is 3. The molecule has 0 fully saturated rings. The third-order valence-corrected chi connectivity index (χ3v) is 5.62. The number of benzene rings is 3. The molecule has 0 radical (unpaired) electrons. The molecule has 1 aliphatic rings. The first-order valence-electron chi connectivity index (χ1n) is 9.89. The summed E-state index contributed by atoms with van der Waals surface area (Å²) >= 11 is 0. The van der Waals surface area contributed by atoms with Gasteiger partial charge in [0.1, 0.15) is 6.54 Å². The number of nitrogens with one attached hydrogen (secondary N) is 1. The Labute approximate surface area is 176 Å². The van der Waals surface area contributed by atoms with Crippen LogP contribution in [0.1, 0.15) is 27.8 Å². The SMILES string of the molecule is Cc1cccc([C@@]2(O)C(=O)N(CC(=O)Nc3c(C)cccc3C)c3ccccc32)c1. The molecular weight excluding hydrogens is 376 g/mol. The second-order valence-corrected chi connectivity index (χ2v) is 7.80. The van der Waals surface area contributed by atoms with Gasteiger partial charge in [0.2, 0.25) is 5.91 Å². The molecule has 0 saturated carbocycles. The molecule has 1 heterocycles. The van der Waals surface area contributed by atoms with Crippen LogP contribution in [0.25, 0.3) is 0 Å². The van der Waals surface area contributed by atoms with E-state index in [1.54, 1.807) is 36.4 Å². The molecule has 0 aromatic heterocycles. The fourth-order valence-corrected chi connectivity index (χ4v) is 4.08. The highest BCUT2D eigenvalue weighted by Gasteiger charge is 2.51. The standard InChI is InChI=1S/C25H24N2O3/c1-16-8-6-11-19(14-16)25(30)20-12-4-5-13-21(20)27(24(25)29)15-22(28)26-23-17(2)9-7-10-18(23)3/h4-14,30H,15H2,1-3H3,(H,26,28)/t25-/m0/s1. The first kappa shape index (κ1) is 19.9. The highest BCUT2D eigenvalue weighted by molar-refractivity contribution is 6.12. The Morgan fingerprint density at radius 3 is 2.33 bits per heavy atom. The molecule has 1 aliphatic heterocycles. The molecule has 2 amide bonds. The number of hydrogen-bond acceptors (Lipinski definition) is 3. The van der Waals surface area contributed by atoms with Gasteiger partial charge in [-0.2, -0.15) is 0 Å². The topological polar surface area (TPSA) is 69.6 Å². The number of nitrogens with zero attached hydrogens (tertiary/aromatic N) is 1. The average Bonchev–Trinajstić information content (AvgIpc) is 2.94. The van der Waals surface area contributed by atoms with Crippen molar-refractivity contribution in [2.45, 2.75) is 26.4 Å².